The van der Waals surface area contributed by atoms with Gasteiger partial charge in [-0.05, 0) is 57.8 Å². The smallest absolute Gasteiger partial charge is 0.306 e. The van der Waals surface area contributed by atoms with Crippen molar-refractivity contribution in [1.29, 1.82) is 0 Å². The van der Waals surface area contributed by atoms with Gasteiger partial charge in [0, 0.05) is 12.8 Å². The highest BCUT2D eigenvalue weighted by atomic mass is 16.5. The first-order chi connectivity index (χ1) is 22.6. The summed E-state index contributed by atoms with van der Waals surface area (Å²) in [5, 5.41) is 9.12. The van der Waals surface area contributed by atoms with Crippen molar-refractivity contribution in [2.24, 2.45) is 0 Å². The standard InChI is InChI=1S/C42H76O4/c1-3-5-7-9-11-13-15-17-19-20-21-22-23-25-27-29-31-33-35-37-42(45)46-40(38-39-41(43)44)36-34-32-30-28-26-24-18-16-14-12-10-8-6-4-2/h5,7,11,13,17,19,40H,3-4,6,8-10,12,14-16,18,20-39H2,1-2H3,(H,43,44)/b7-5-,13-11-,19-17-. The van der Waals surface area contributed by atoms with Crippen LogP contribution in [0, 0.1) is 0 Å². The van der Waals surface area contributed by atoms with E-state index in [1.807, 2.05) is 0 Å². The number of hydrogen-bond donors (Lipinski definition) is 1. The van der Waals surface area contributed by atoms with E-state index in [0.29, 0.717) is 12.8 Å². The molecular weight excluding hydrogens is 568 g/mol. The van der Waals surface area contributed by atoms with Crippen molar-refractivity contribution in [3.8, 4) is 0 Å². The molecule has 0 aromatic heterocycles. The third-order valence-electron chi connectivity index (χ3n) is 8.89. The number of carboxylic acid groups (broad SMARTS) is 1. The molecule has 0 amide bonds. The molecule has 0 aromatic carbocycles. The van der Waals surface area contributed by atoms with Gasteiger partial charge in [-0.2, -0.15) is 0 Å². The van der Waals surface area contributed by atoms with Crippen LogP contribution in [0.3, 0.4) is 0 Å². The molecule has 1 atom stereocenters. The summed E-state index contributed by atoms with van der Waals surface area (Å²) in [6, 6.07) is 0. The Labute approximate surface area is 286 Å². The number of rotatable bonds is 36. The van der Waals surface area contributed by atoms with E-state index in [9.17, 15) is 9.59 Å². The Morgan fingerprint density at radius 1 is 0.500 bits per heavy atom. The van der Waals surface area contributed by atoms with Gasteiger partial charge in [0.15, 0.2) is 0 Å². The number of esters is 1. The van der Waals surface area contributed by atoms with Gasteiger partial charge >= 0.3 is 11.9 Å². The van der Waals surface area contributed by atoms with Crippen LogP contribution < -0.4 is 0 Å². The first kappa shape index (κ1) is 44.2. The molecule has 46 heavy (non-hydrogen) atoms. The lowest BCUT2D eigenvalue weighted by molar-refractivity contribution is -0.151. The molecule has 0 heterocycles. The Morgan fingerprint density at radius 3 is 1.43 bits per heavy atom. The summed E-state index contributed by atoms with van der Waals surface area (Å²) in [6.45, 7) is 4.44. The fraction of sp³-hybridized carbons (Fsp3) is 0.810. The zero-order valence-electron chi connectivity index (χ0n) is 30.6. The summed E-state index contributed by atoms with van der Waals surface area (Å²) < 4.78 is 5.74. The molecule has 4 heteroatoms. The van der Waals surface area contributed by atoms with E-state index in [-0.39, 0.29) is 18.5 Å². The fourth-order valence-electron chi connectivity index (χ4n) is 5.95. The second kappa shape index (κ2) is 37.6. The molecule has 0 aliphatic rings. The lowest BCUT2D eigenvalue weighted by Crippen LogP contribution is -2.19. The number of aliphatic carboxylic acids is 1. The van der Waals surface area contributed by atoms with Crippen molar-refractivity contribution in [2.45, 2.75) is 219 Å². The molecule has 1 unspecified atom stereocenters. The maximum atomic E-state index is 12.4. The van der Waals surface area contributed by atoms with Crippen molar-refractivity contribution in [3.63, 3.8) is 0 Å². The van der Waals surface area contributed by atoms with Gasteiger partial charge in [0.05, 0.1) is 0 Å². The zero-order chi connectivity index (χ0) is 33.6. The minimum absolute atomic E-state index is 0.0717. The number of allylic oxidation sites excluding steroid dienone is 6. The molecule has 268 valence electrons. The molecule has 0 saturated heterocycles. The topological polar surface area (TPSA) is 63.6 Å². The Kier molecular flexibility index (Phi) is 36.1. The van der Waals surface area contributed by atoms with E-state index in [0.717, 1.165) is 51.4 Å². The first-order valence-corrected chi connectivity index (χ1v) is 20.0. The minimum atomic E-state index is -0.812. The predicted octanol–water partition coefficient (Wildman–Crippen LogP) is 13.8. The lowest BCUT2D eigenvalue weighted by Gasteiger charge is -2.17. The van der Waals surface area contributed by atoms with Gasteiger partial charge in [-0.15, -0.1) is 0 Å². The summed E-state index contributed by atoms with van der Waals surface area (Å²) >= 11 is 0. The van der Waals surface area contributed by atoms with Crippen LogP contribution in [-0.4, -0.2) is 23.1 Å². The molecule has 0 radical (unpaired) electrons. The van der Waals surface area contributed by atoms with Crippen LogP contribution in [0.1, 0.15) is 213 Å². The summed E-state index contributed by atoms with van der Waals surface area (Å²) in [6.07, 6.45) is 48.8. The van der Waals surface area contributed by atoms with E-state index >= 15 is 0 Å². The zero-order valence-corrected chi connectivity index (χ0v) is 30.6. The molecule has 4 nitrogen and oxygen atoms in total. The van der Waals surface area contributed by atoms with E-state index in [4.69, 9.17) is 9.84 Å². The van der Waals surface area contributed by atoms with E-state index < -0.39 is 5.97 Å². The van der Waals surface area contributed by atoms with Crippen LogP contribution in [0.15, 0.2) is 36.5 Å². The molecule has 0 aliphatic heterocycles. The largest absolute Gasteiger partial charge is 0.481 e. The summed E-state index contributed by atoms with van der Waals surface area (Å²) in [5.41, 5.74) is 0. The summed E-state index contributed by atoms with van der Waals surface area (Å²) in [5.74, 6) is -0.955. The monoisotopic (exact) mass is 645 g/mol. The maximum Gasteiger partial charge on any atom is 0.306 e. The van der Waals surface area contributed by atoms with Gasteiger partial charge in [-0.3, -0.25) is 9.59 Å². The number of unbranched alkanes of at least 4 members (excludes halogenated alkanes) is 22. The lowest BCUT2D eigenvalue weighted by atomic mass is 10.0. The van der Waals surface area contributed by atoms with E-state index in [2.05, 4.69) is 50.3 Å². The van der Waals surface area contributed by atoms with Crippen molar-refractivity contribution in [1.82, 2.24) is 0 Å². The van der Waals surface area contributed by atoms with E-state index in [1.165, 1.54) is 128 Å². The molecule has 0 bridgehead atoms. The van der Waals surface area contributed by atoms with E-state index in [1.54, 1.807) is 0 Å². The molecule has 0 saturated carbocycles. The quantitative estimate of drug-likeness (QED) is 0.0419. The highest BCUT2D eigenvalue weighted by Gasteiger charge is 2.16. The number of carbonyl (C=O) groups excluding carboxylic acids is 1. The number of carboxylic acids is 1. The summed E-state index contributed by atoms with van der Waals surface area (Å²) in [7, 11) is 0. The average molecular weight is 645 g/mol. The van der Waals surface area contributed by atoms with Crippen molar-refractivity contribution in [3.05, 3.63) is 36.5 Å². The van der Waals surface area contributed by atoms with Crippen LogP contribution in [-0.2, 0) is 14.3 Å². The fourth-order valence-corrected chi connectivity index (χ4v) is 5.95. The molecule has 0 rings (SSSR count). The third kappa shape index (κ3) is 36.6. The Hall–Kier alpha value is -1.84. The Balaban J connectivity index is 3.72. The molecule has 1 N–H and O–H groups in total. The number of ether oxygens (including phenoxy) is 1. The number of hydrogen-bond acceptors (Lipinski definition) is 3. The molecule has 0 aromatic rings. The SMILES string of the molecule is CC/C=C\C/C=C\C/C=C\CCCCCCCCCCCC(=O)OC(CCCCCCCCCCCCCCCC)CCC(=O)O. The predicted molar refractivity (Wildman–Crippen MR) is 199 cm³/mol. The number of carbonyl (C=O) groups is 2. The molecule has 0 aliphatic carbocycles. The van der Waals surface area contributed by atoms with Gasteiger partial charge in [0.25, 0.3) is 0 Å². The molecule has 0 spiro atoms. The molecular formula is C42H76O4. The average Bonchev–Trinajstić information content (AvgIpc) is 3.04. The van der Waals surface area contributed by atoms with Crippen LogP contribution in [0.25, 0.3) is 0 Å². The highest BCUT2D eigenvalue weighted by molar-refractivity contribution is 5.69. The second-order valence-corrected chi connectivity index (χ2v) is 13.4. The van der Waals surface area contributed by atoms with Crippen LogP contribution in [0.2, 0.25) is 0 Å². The van der Waals surface area contributed by atoms with Crippen LogP contribution in [0.5, 0.6) is 0 Å². The maximum absolute atomic E-state index is 12.4. The Bertz CT molecular complexity index is 738. The van der Waals surface area contributed by atoms with Gasteiger partial charge in [0.1, 0.15) is 6.10 Å². The highest BCUT2D eigenvalue weighted by Crippen LogP contribution is 2.18. The van der Waals surface area contributed by atoms with Gasteiger partial charge in [-0.25, -0.2) is 0 Å². The summed E-state index contributed by atoms with van der Waals surface area (Å²) in [4.78, 5) is 23.6. The molecule has 0 fully saturated rings. The van der Waals surface area contributed by atoms with Crippen LogP contribution in [0.4, 0.5) is 0 Å². The third-order valence-corrected chi connectivity index (χ3v) is 8.89. The van der Waals surface area contributed by atoms with Crippen LogP contribution >= 0.6 is 0 Å². The van der Waals surface area contributed by atoms with Crippen molar-refractivity contribution < 1.29 is 19.4 Å². The normalized spacial score (nSPS) is 12.6. The Morgan fingerprint density at radius 2 is 0.935 bits per heavy atom. The van der Waals surface area contributed by atoms with Gasteiger partial charge in [0.2, 0.25) is 0 Å². The first-order valence-electron chi connectivity index (χ1n) is 20.0. The van der Waals surface area contributed by atoms with Gasteiger partial charge < -0.3 is 9.84 Å². The van der Waals surface area contributed by atoms with Gasteiger partial charge in [-0.1, -0.05) is 179 Å². The van der Waals surface area contributed by atoms with Crippen molar-refractivity contribution in [2.75, 3.05) is 0 Å². The minimum Gasteiger partial charge on any atom is -0.481 e. The second-order valence-electron chi connectivity index (χ2n) is 13.4. The van der Waals surface area contributed by atoms with Crippen molar-refractivity contribution >= 4 is 11.9 Å².